The normalized spacial score (nSPS) is 15.7. The third-order valence-electron chi connectivity index (χ3n) is 0.568. The molecule has 0 spiro atoms. The van der Waals surface area contributed by atoms with Crippen LogP contribution in [0, 0.1) is 0 Å². The van der Waals surface area contributed by atoms with Crippen molar-refractivity contribution in [2.24, 2.45) is 4.99 Å². The molecule has 1 aliphatic rings. The Morgan fingerprint density at radius 1 is 1.57 bits per heavy atom. The fourth-order valence-corrected chi connectivity index (χ4v) is 0.323. The van der Waals surface area contributed by atoms with Crippen LogP contribution in [0.4, 0.5) is 0 Å². The molecule has 0 saturated heterocycles. The monoisotopic (exact) mass is 100 g/mol. The van der Waals surface area contributed by atoms with E-state index in [4.69, 9.17) is 0 Å². The summed E-state index contributed by atoms with van der Waals surface area (Å²) in [6, 6.07) is 0. The van der Waals surface area contributed by atoms with Gasteiger partial charge < -0.3 is 0 Å². The Bertz CT molecular complexity index is 44.0. The number of rotatable bonds is 0. The highest BCUT2D eigenvalue weighted by Gasteiger charge is 1.82. The van der Waals surface area contributed by atoms with Crippen LogP contribution in [0.25, 0.3) is 0 Å². The van der Waals surface area contributed by atoms with Gasteiger partial charge in [0.1, 0.15) is 0 Å². The number of nitrogens with zero attached hydrogens (tertiary/aromatic N) is 1. The SMILES string of the molecule is C1=NCNC1.CC. The smallest absolute Gasteiger partial charge is 0.0883 e. The van der Waals surface area contributed by atoms with Crippen LogP contribution in [-0.4, -0.2) is 19.4 Å². The third kappa shape index (κ3) is 3.46. The second-order valence-corrected chi connectivity index (χ2v) is 0.977. The van der Waals surface area contributed by atoms with Crippen molar-refractivity contribution in [2.45, 2.75) is 13.8 Å². The Kier molecular flexibility index (Phi) is 5.33. The molecule has 0 saturated carbocycles. The molecule has 0 bridgehead atoms. The van der Waals surface area contributed by atoms with E-state index in [2.05, 4.69) is 10.3 Å². The van der Waals surface area contributed by atoms with E-state index in [0.29, 0.717) is 0 Å². The largest absolute Gasteiger partial charge is 0.293 e. The van der Waals surface area contributed by atoms with Gasteiger partial charge in [-0.15, -0.1) is 0 Å². The minimum atomic E-state index is 0.819. The number of hydrogen-bond donors (Lipinski definition) is 1. The van der Waals surface area contributed by atoms with Gasteiger partial charge in [-0.1, -0.05) is 13.8 Å². The molecule has 0 aromatic carbocycles. The average Bonchev–Trinajstić information content (AvgIpc) is 2.23. The van der Waals surface area contributed by atoms with Gasteiger partial charge in [0.2, 0.25) is 0 Å². The maximum Gasteiger partial charge on any atom is 0.0883 e. The molecule has 1 heterocycles. The highest BCUT2D eigenvalue weighted by molar-refractivity contribution is 5.61. The standard InChI is InChI=1S/C3H6N2.C2H6/c1-2-5-3-4-1;1-2/h1,5H,2-3H2;1-2H3. The van der Waals surface area contributed by atoms with Crippen molar-refractivity contribution >= 4 is 6.21 Å². The summed E-state index contributed by atoms with van der Waals surface area (Å²) in [6.45, 7) is 5.78. The average molecular weight is 100 g/mol. The zero-order valence-electron chi connectivity index (χ0n) is 4.94. The topological polar surface area (TPSA) is 24.4 Å². The molecule has 7 heavy (non-hydrogen) atoms. The van der Waals surface area contributed by atoms with Crippen molar-refractivity contribution in [3.63, 3.8) is 0 Å². The summed E-state index contributed by atoms with van der Waals surface area (Å²) in [6.07, 6.45) is 1.88. The van der Waals surface area contributed by atoms with Gasteiger partial charge >= 0.3 is 0 Å². The van der Waals surface area contributed by atoms with E-state index < -0.39 is 0 Å². The lowest BCUT2D eigenvalue weighted by Gasteiger charge is -1.75. The molecule has 1 aliphatic heterocycles. The van der Waals surface area contributed by atoms with Gasteiger partial charge in [0.05, 0.1) is 6.67 Å². The Hall–Kier alpha value is -0.370. The van der Waals surface area contributed by atoms with Crippen molar-refractivity contribution in [1.29, 1.82) is 0 Å². The summed E-state index contributed by atoms with van der Waals surface area (Å²) in [7, 11) is 0. The first-order valence-corrected chi connectivity index (χ1v) is 2.69. The molecule has 0 unspecified atom stereocenters. The first-order valence-electron chi connectivity index (χ1n) is 2.69. The molecule has 0 atom stereocenters. The minimum absolute atomic E-state index is 0.819. The van der Waals surface area contributed by atoms with E-state index in [1.165, 1.54) is 0 Å². The molecule has 0 fully saturated rings. The zero-order valence-corrected chi connectivity index (χ0v) is 4.94. The summed E-state index contributed by atoms with van der Waals surface area (Å²) < 4.78 is 0. The van der Waals surface area contributed by atoms with Crippen LogP contribution in [-0.2, 0) is 0 Å². The molecule has 1 N–H and O–H groups in total. The number of nitrogens with one attached hydrogen (secondary N) is 1. The van der Waals surface area contributed by atoms with E-state index in [9.17, 15) is 0 Å². The fourth-order valence-electron chi connectivity index (χ4n) is 0.323. The van der Waals surface area contributed by atoms with Gasteiger partial charge in [-0.3, -0.25) is 10.3 Å². The highest BCUT2D eigenvalue weighted by Crippen LogP contribution is 1.67. The van der Waals surface area contributed by atoms with E-state index in [1.54, 1.807) is 0 Å². The van der Waals surface area contributed by atoms with E-state index in [1.807, 2.05) is 20.1 Å². The van der Waals surface area contributed by atoms with E-state index >= 15 is 0 Å². The molecule has 1 rings (SSSR count). The van der Waals surface area contributed by atoms with Crippen LogP contribution in [0.3, 0.4) is 0 Å². The van der Waals surface area contributed by atoms with Crippen LogP contribution in [0.2, 0.25) is 0 Å². The Balaban J connectivity index is 0.000000162. The number of hydrogen-bond acceptors (Lipinski definition) is 2. The summed E-state index contributed by atoms with van der Waals surface area (Å²) in [4.78, 5) is 3.85. The van der Waals surface area contributed by atoms with Gasteiger partial charge in [0.25, 0.3) is 0 Å². The maximum absolute atomic E-state index is 3.85. The lowest BCUT2D eigenvalue weighted by atomic mass is 10.8. The van der Waals surface area contributed by atoms with Crippen LogP contribution in [0.1, 0.15) is 13.8 Å². The first kappa shape index (κ1) is 6.63. The third-order valence-corrected chi connectivity index (χ3v) is 0.568. The predicted molar refractivity (Wildman–Crippen MR) is 32.7 cm³/mol. The Morgan fingerprint density at radius 2 is 2.29 bits per heavy atom. The minimum Gasteiger partial charge on any atom is -0.293 e. The van der Waals surface area contributed by atoms with Crippen molar-refractivity contribution in [1.82, 2.24) is 5.32 Å². The zero-order chi connectivity index (χ0) is 5.54. The van der Waals surface area contributed by atoms with Gasteiger partial charge in [0.15, 0.2) is 0 Å². The first-order chi connectivity index (χ1) is 3.50. The lowest BCUT2D eigenvalue weighted by molar-refractivity contribution is 0.851. The number of aliphatic imine (C=N–C) groups is 1. The molecule has 42 valence electrons. The lowest BCUT2D eigenvalue weighted by Crippen LogP contribution is -2.06. The highest BCUT2D eigenvalue weighted by atomic mass is 15.0. The van der Waals surface area contributed by atoms with Gasteiger partial charge in [-0.05, 0) is 0 Å². The molecular formula is C5H12N2. The molecule has 0 aromatic heterocycles. The molecular weight excluding hydrogens is 88.1 g/mol. The maximum atomic E-state index is 3.85. The summed E-state index contributed by atoms with van der Waals surface area (Å²) in [5.74, 6) is 0. The van der Waals surface area contributed by atoms with Gasteiger partial charge in [0, 0.05) is 12.8 Å². The van der Waals surface area contributed by atoms with Crippen LogP contribution in [0.15, 0.2) is 4.99 Å². The van der Waals surface area contributed by atoms with Crippen molar-refractivity contribution < 1.29 is 0 Å². The summed E-state index contributed by atoms with van der Waals surface area (Å²) >= 11 is 0. The van der Waals surface area contributed by atoms with Gasteiger partial charge in [-0.2, -0.15) is 0 Å². The molecule has 0 radical (unpaired) electrons. The van der Waals surface area contributed by atoms with E-state index in [-0.39, 0.29) is 0 Å². The van der Waals surface area contributed by atoms with Crippen LogP contribution >= 0.6 is 0 Å². The van der Waals surface area contributed by atoms with Crippen LogP contribution in [0.5, 0.6) is 0 Å². The predicted octanol–water partition coefficient (Wildman–Crippen LogP) is 0.644. The molecule has 0 aliphatic carbocycles. The molecule has 0 aromatic rings. The second-order valence-electron chi connectivity index (χ2n) is 0.977. The Morgan fingerprint density at radius 3 is 2.43 bits per heavy atom. The van der Waals surface area contributed by atoms with E-state index in [0.717, 1.165) is 13.2 Å². The molecule has 2 heteroatoms. The summed E-state index contributed by atoms with van der Waals surface area (Å²) in [5.41, 5.74) is 0. The Labute approximate surface area is 44.6 Å². The molecule has 2 nitrogen and oxygen atoms in total. The van der Waals surface area contributed by atoms with Crippen molar-refractivity contribution in [3.05, 3.63) is 0 Å². The van der Waals surface area contributed by atoms with Gasteiger partial charge in [-0.25, -0.2) is 0 Å². The second kappa shape index (κ2) is 5.63. The van der Waals surface area contributed by atoms with Crippen molar-refractivity contribution in [2.75, 3.05) is 13.2 Å². The van der Waals surface area contributed by atoms with Crippen molar-refractivity contribution in [3.8, 4) is 0 Å². The summed E-state index contributed by atoms with van der Waals surface area (Å²) in [5, 5.41) is 3.00. The van der Waals surface area contributed by atoms with Crippen LogP contribution < -0.4 is 5.32 Å². The molecule has 0 amide bonds. The fraction of sp³-hybridized carbons (Fsp3) is 0.800. The quantitative estimate of drug-likeness (QED) is 0.474.